The van der Waals surface area contributed by atoms with Crippen molar-refractivity contribution in [2.75, 3.05) is 0 Å². The first kappa shape index (κ1) is 13.9. The van der Waals surface area contributed by atoms with E-state index < -0.39 is 0 Å². The second-order valence-corrected chi connectivity index (χ2v) is 5.21. The van der Waals surface area contributed by atoms with Gasteiger partial charge in [-0.25, -0.2) is 4.39 Å². The minimum atomic E-state index is -0.356. The number of halogens is 2. The van der Waals surface area contributed by atoms with Gasteiger partial charge in [0, 0.05) is 5.02 Å². The second kappa shape index (κ2) is 5.62. The van der Waals surface area contributed by atoms with E-state index in [-0.39, 0.29) is 17.7 Å². The van der Waals surface area contributed by atoms with Gasteiger partial charge in [-0.1, -0.05) is 23.7 Å². The molecule has 0 fully saturated rings. The van der Waals surface area contributed by atoms with Gasteiger partial charge in [0.1, 0.15) is 0 Å². The maximum Gasteiger partial charge on any atom is 0.165 e. The zero-order valence-electron chi connectivity index (χ0n) is 11.2. The van der Waals surface area contributed by atoms with Gasteiger partial charge in [-0.2, -0.15) is 0 Å². The number of hydrogen-bond acceptors (Lipinski definition) is 1. The highest BCUT2D eigenvalue weighted by Crippen LogP contribution is 2.30. The average Bonchev–Trinajstić information content (AvgIpc) is 2.34. The molecule has 2 aromatic rings. The Bertz CT molecular complexity index is 593. The molecule has 0 saturated carbocycles. The molecule has 2 rings (SSSR count). The summed E-state index contributed by atoms with van der Waals surface area (Å²) in [6.45, 7) is 5.71. The molecule has 0 spiro atoms. The highest BCUT2D eigenvalue weighted by Gasteiger charge is 2.09. The van der Waals surface area contributed by atoms with Crippen LogP contribution in [-0.2, 0) is 0 Å². The summed E-state index contributed by atoms with van der Waals surface area (Å²) in [4.78, 5) is 0. The fourth-order valence-corrected chi connectivity index (χ4v) is 2.10. The highest BCUT2D eigenvalue weighted by atomic mass is 35.5. The highest BCUT2D eigenvalue weighted by molar-refractivity contribution is 6.30. The van der Waals surface area contributed by atoms with Gasteiger partial charge in [-0.3, -0.25) is 0 Å². The predicted molar refractivity (Wildman–Crippen MR) is 77.3 cm³/mol. The molecule has 0 bridgehead atoms. The zero-order valence-corrected chi connectivity index (χ0v) is 12.0. The maximum absolute atomic E-state index is 14.0. The number of aryl methyl sites for hydroxylation is 1. The van der Waals surface area contributed by atoms with E-state index in [2.05, 4.69) is 0 Å². The van der Waals surface area contributed by atoms with Crippen LogP contribution in [0.15, 0.2) is 36.4 Å². The third-order valence-electron chi connectivity index (χ3n) is 2.81. The van der Waals surface area contributed by atoms with Crippen molar-refractivity contribution < 1.29 is 9.13 Å². The average molecular weight is 279 g/mol. The molecule has 2 aromatic carbocycles. The lowest BCUT2D eigenvalue weighted by Gasteiger charge is -2.12. The van der Waals surface area contributed by atoms with Gasteiger partial charge in [0.15, 0.2) is 11.6 Å². The third-order valence-corrected chi connectivity index (χ3v) is 3.04. The summed E-state index contributed by atoms with van der Waals surface area (Å²) in [6, 6.07) is 10.6. The lowest BCUT2D eigenvalue weighted by molar-refractivity contribution is 0.231. The van der Waals surface area contributed by atoms with Gasteiger partial charge < -0.3 is 4.74 Å². The monoisotopic (exact) mass is 278 g/mol. The molecule has 0 radical (unpaired) electrons. The minimum absolute atomic E-state index is 0.0479. The Morgan fingerprint density at radius 3 is 2.47 bits per heavy atom. The molecule has 19 heavy (non-hydrogen) atoms. The number of rotatable bonds is 3. The van der Waals surface area contributed by atoms with Crippen LogP contribution in [0.1, 0.15) is 19.4 Å². The molecule has 0 aliphatic rings. The molecule has 0 unspecified atom stereocenters. The smallest absolute Gasteiger partial charge is 0.165 e. The lowest BCUT2D eigenvalue weighted by atomic mass is 10.0. The molecule has 0 aromatic heterocycles. The molecule has 3 heteroatoms. The van der Waals surface area contributed by atoms with E-state index in [1.54, 1.807) is 6.07 Å². The van der Waals surface area contributed by atoms with Crippen LogP contribution in [0, 0.1) is 12.7 Å². The third kappa shape index (κ3) is 3.27. The van der Waals surface area contributed by atoms with Crippen molar-refractivity contribution in [3.8, 4) is 16.9 Å². The standard InChI is InChI=1S/C16H16ClFO/c1-10(2)19-16-7-5-12(8-15(16)18)14-9-13(17)6-4-11(14)3/h4-10H,1-3H3. The van der Waals surface area contributed by atoms with Crippen LogP contribution < -0.4 is 4.74 Å². The van der Waals surface area contributed by atoms with E-state index in [4.69, 9.17) is 16.3 Å². The van der Waals surface area contributed by atoms with Crippen LogP contribution in [-0.4, -0.2) is 6.10 Å². The molecule has 0 heterocycles. The number of hydrogen-bond donors (Lipinski definition) is 0. The van der Waals surface area contributed by atoms with E-state index in [0.29, 0.717) is 5.02 Å². The van der Waals surface area contributed by atoms with E-state index in [1.165, 1.54) is 6.07 Å². The summed E-state index contributed by atoms with van der Waals surface area (Å²) < 4.78 is 19.4. The van der Waals surface area contributed by atoms with Crippen LogP contribution in [0.25, 0.3) is 11.1 Å². The van der Waals surface area contributed by atoms with Crippen LogP contribution in [0.4, 0.5) is 4.39 Å². The van der Waals surface area contributed by atoms with E-state index >= 15 is 0 Å². The predicted octanol–water partition coefficient (Wildman–Crippen LogP) is 5.24. The Hall–Kier alpha value is -1.54. The number of ether oxygens (including phenoxy) is 1. The Labute approximate surface area is 118 Å². The van der Waals surface area contributed by atoms with Crippen LogP contribution >= 0.6 is 11.6 Å². The van der Waals surface area contributed by atoms with Crippen molar-refractivity contribution >= 4 is 11.6 Å². The van der Waals surface area contributed by atoms with Crippen LogP contribution in [0.3, 0.4) is 0 Å². The topological polar surface area (TPSA) is 9.23 Å². The van der Waals surface area contributed by atoms with Crippen molar-refractivity contribution in [1.29, 1.82) is 0 Å². The van der Waals surface area contributed by atoms with Gasteiger partial charge in [0.2, 0.25) is 0 Å². The first-order chi connectivity index (χ1) is 8.97. The SMILES string of the molecule is Cc1ccc(Cl)cc1-c1ccc(OC(C)C)c(F)c1. The number of benzene rings is 2. The van der Waals surface area contributed by atoms with Gasteiger partial charge in [-0.05, 0) is 61.7 Å². The summed E-state index contributed by atoms with van der Waals surface area (Å²) >= 11 is 5.99. The molecule has 0 aliphatic heterocycles. The molecule has 0 aliphatic carbocycles. The summed E-state index contributed by atoms with van der Waals surface area (Å²) in [5, 5.41) is 0.642. The van der Waals surface area contributed by atoms with E-state index in [0.717, 1.165) is 16.7 Å². The first-order valence-corrected chi connectivity index (χ1v) is 6.58. The molecule has 0 atom stereocenters. The fourth-order valence-electron chi connectivity index (χ4n) is 1.92. The molecular formula is C16H16ClFO. The van der Waals surface area contributed by atoms with Crippen molar-refractivity contribution in [3.63, 3.8) is 0 Å². The van der Waals surface area contributed by atoms with Crippen molar-refractivity contribution in [1.82, 2.24) is 0 Å². The van der Waals surface area contributed by atoms with Gasteiger partial charge >= 0.3 is 0 Å². The second-order valence-electron chi connectivity index (χ2n) is 4.77. The Kier molecular flexibility index (Phi) is 4.11. The minimum Gasteiger partial charge on any atom is -0.488 e. The Morgan fingerprint density at radius 1 is 1.11 bits per heavy atom. The van der Waals surface area contributed by atoms with Crippen LogP contribution in [0.2, 0.25) is 5.02 Å². The zero-order chi connectivity index (χ0) is 14.0. The molecule has 100 valence electrons. The summed E-state index contributed by atoms with van der Waals surface area (Å²) in [5.74, 6) is -0.0796. The van der Waals surface area contributed by atoms with Crippen LogP contribution in [0.5, 0.6) is 5.75 Å². The first-order valence-electron chi connectivity index (χ1n) is 6.20. The largest absolute Gasteiger partial charge is 0.488 e. The van der Waals surface area contributed by atoms with Crippen molar-refractivity contribution in [3.05, 3.63) is 52.8 Å². The normalized spacial score (nSPS) is 10.8. The fraction of sp³-hybridized carbons (Fsp3) is 0.250. The van der Waals surface area contributed by atoms with Gasteiger partial charge in [0.25, 0.3) is 0 Å². The lowest BCUT2D eigenvalue weighted by Crippen LogP contribution is -2.06. The maximum atomic E-state index is 14.0. The van der Waals surface area contributed by atoms with E-state index in [1.807, 2.05) is 45.0 Å². The Balaban J connectivity index is 2.41. The molecule has 0 N–H and O–H groups in total. The van der Waals surface area contributed by atoms with Gasteiger partial charge in [0.05, 0.1) is 6.10 Å². The molecule has 0 amide bonds. The van der Waals surface area contributed by atoms with Crippen molar-refractivity contribution in [2.45, 2.75) is 26.9 Å². The Morgan fingerprint density at radius 2 is 1.84 bits per heavy atom. The quantitative estimate of drug-likeness (QED) is 0.746. The van der Waals surface area contributed by atoms with E-state index in [9.17, 15) is 4.39 Å². The van der Waals surface area contributed by atoms with Gasteiger partial charge in [-0.15, -0.1) is 0 Å². The summed E-state index contributed by atoms with van der Waals surface area (Å²) in [5.41, 5.74) is 2.79. The molecule has 0 saturated heterocycles. The summed E-state index contributed by atoms with van der Waals surface area (Å²) in [7, 11) is 0. The van der Waals surface area contributed by atoms with Crippen molar-refractivity contribution in [2.24, 2.45) is 0 Å². The molecule has 1 nitrogen and oxygen atoms in total. The molecular weight excluding hydrogens is 263 g/mol. The summed E-state index contributed by atoms with van der Waals surface area (Å²) in [6.07, 6.45) is -0.0479.